The van der Waals surface area contributed by atoms with Gasteiger partial charge in [0.1, 0.15) is 6.54 Å². The van der Waals surface area contributed by atoms with Crippen LogP contribution in [0.1, 0.15) is 36.3 Å². The second-order valence-electron chi connectivity index (χ2n) is 5.78. The van der Waals surface area contributed by atoms with E-state index in [1.54, 1.807) is 6.92 Å². The Morgan fingerprint density at radius 2 is 2.00 bits per heavy atom. The van der Waals surface area contributed by atoms with Crippen molar-refractivity contribution in [1.82, 2.24) is 14.7 Å². The fourth-order valence-corrected chi connectivity index (χ4v) is 2.35. The quantitative estimate of drug-likeness (QED) is 0.848. The van der Waals surface area contributed by atoms with Crippen LogP contribution in [0.4, 0.5) is 13.2 Å². The van der Waals surface area contributed by atoms with Gasteiger partial charge in [0.25, 0.3) is 5.91 Å². The number of carboxylic acids is 1. The molecule has 1 amide bonds. The lowest BCUT2D eigenvalue weighted by Crippen LogP contribution is -2.42. The number of alkyl halides is 3. The van der Waals surface area contributed by atoms with E-state index in [0.717, 1.165) is 16.8 Å². The van der Waals surface area contributed by atoms with Gasteiger partial charge >= 0.3 is 12.1 Å². The van der Waals surface area contributed by atoms with Gasteiger partial charge in [-0.1, -0.05) is 13.0 Å². The van der Waals surface area contributed by atoms with Crippen LogP contribution in [0.15, 0.2) is 36.5 Å². The number of halogens is 3. The molecule has 1 atom stereocenters. The Morgan fingerprint density at radius 3 is 2.58 bits per heavy atom. The van der Waals surface area contributed by atoms with Crippen LogP contribution < -0.4 is 0 Å². The molecule has 2 aromatic rings. The van der Waals surface area contributed by atoms with Gasteiger partial charge in [0, 0.05) is 12.2 Å². The molecule has 0 saturated heterocycles. The third-order valence-electron chi connectivity index (χ3n) is 3.94. The average molecular weight is 369 g/mol. The van der Waals surface area contributed by atoms with Crippen molar-refractivity contribution in [1.29, 1.82) is 0 Å². The molecule has 0 radical (unpaired) electrons. The molecule has 1 unspecified atom stereocenters. The molecule has 1 N–H and O–H groups in total. The Morgan fingerprint density at radius 1 is 1.31 bits per heavy atom. The van der Waals surface area contributed by atoms with Crippen LogP contribution in [0.3, 0.4) is 0 Å². The normalized spacial score (nSPS) is 12.7. The smallest absolute Gasteiger partial charge is 0.416 e. The van der Waals surface area contributed by atoms with Gasteiger partial charge in [0.2, 0.25) is 0 Å². The van der Waals surface area contributed by atoms with Crippen molar-refractivity contribution in [3.63, 3.8) is 0 Å². The molecule has 0 aliphatic rings. The molecule has 1 aromatic carbocycles. The van der Waals surface area contributed by atoms with E-state index in [4.69, 9.17) is 5.11 Å². The minimum Gasteiger partial charge on any atom is -0.480 e. The summed E-state index contributed by atoms with van der Waals surface area (Å²) in [5, 5.41) is 13.0. The first kappa shape index (κ1) is 19.5. The molecule has 1 aromatic heterocycles. The molecular formula is C17H18F3N3O3. The highest BCUT2D eigenvalue weighted by Gasteiger charge is 2.30. The lowest BCUT2D eigenvalue weighted by atomic mass is 10.2. The van der Waals surface area contributed by atoms with Crippen LogP contribution in [-0.2, 0) is 11.0 Å². The largest absolute Gasteiger partial charge is 0.480 e. The van der Waals surface area contributed by atoms with Crippen LogP contribution >= 0.6 is 0 Å². The van der Waals surface area contributed by atoms with E-state index in [9.17, 15) is 22.8 Å². The number of carboxylic acid groups (broad SMARTS) is 1. The summed E-state index contributed by atoms with van der Waals surface area (Å²) < 4.78 is 39.6. The number of hydrogen-bond acceptors (Lipinski definition) is 3. The number of aliphatic carboxylic acids is 1. The maximum Gasteiger partial charge on any atom is 0.416 e. The summed E-state index contributed by atoms with van der Waals surface area (Å²) in [7, 11) is 0. The predicted molar refractivity (Wildman–Crippen MR) is 87.0 cm³/mol. The second-order valence-corrected chi connectivity index (χ2v) is 5.78. The lowest BCUT2D eigenvalue weighted by Gasteiger charge is -2.26. The zero-order valence-corrected chi connectivity index (χ0v) is 14.2. The molecule has 0 spiro atoms. The monoisotopic (exact) mass is 369 g/mol. The van der Waals surface area contributed by atoms with Gasteiger partial charge < -0.3 is 10.0 Å². The summed E-state index contributed by atoms with van der Waals surface area (Å²) in [5.74, 6) is -1.75. The number of carbonyl (C=O) groups is 2. The molecule has 0 aliphatic heterocycles. The Bertz CT molecular complexity index is 802. The van der Waals surface area contributed by atoms with Gasteiger partial charge in [0.15, 0.2) is 5.69 Å². The zero-order valence-electron chi connectivity index (χ0n) is 14.2. The number of aromatic nitrogens is 2. The van der Waals surface area contributed by atoms with Crippen LogP contribution in [0, 0.1) is 0 Å². The number of rotatable bonds is 6. The van der Waals surface area contributed by atoms with Crippen molar-refractivity contribution in [2.45, 2.75) is 32.5 Å². The van der Waals surface area contributed by atoms with Crippen molar-refractivity contribution < 1.29 is 27.9 Å². The maximum absolute atomic E-state index is 12.8. The minimum atomic E-state index is -4.49. The summed E-state index contributed by atoms with van der Waals surface area (Å²) >= 11 is 0. The summed E-state index contributed by atoms with van der Waals surface area (Å²) in [6.45, 7) is 3.04. The van der Waals surface area contributed by atoms with Crippen LogP contribution in [0.5, 0.6) is 0 Å². The fraction of sp³-hybridized carbons (Fsp3) is 0.353. The van der Waals surface area contributed by atoms with E-state index >= 15 is 0 Å². The van der Waals surface area contributed by atoms with Gasteiger partial charge in [-0.15, -0.1) is 0 Å². The molecule has 0 bridgehead atoms. The summed E-state index contributed by atoms with van der Waals surface area (Å²) in [4.78, 5) is 24.7. The first-order chi connectivity index (χ1) is 12.1. The van der Waals surface area contributed by atoms with Crippen LogP contribution in [-0.4, -0.2) is 44.3 Å². The first-order valence-electron chi connectivity index (χ1n) is 7.89. The fourth-order valence-electron chi connectivity index (χ4n) is 2.35. The SMILES string of the molecule is CCC(C)N(CC(=O)O)C(=O)c1ccn(-c2cccc(C(F)(F)F)c2)n1. The van der Waals surface area contributed by atoms with Gasteiger partial charge in [0.05, 0.1) is 11.3 Å². The molecule has 2 rings (SSSR count). The zero-order chi connectivity index (χ0) is 19.5. The molecule has 9 heteroatoms. The number of benzene rings is 1. The van der Waals surface area contributed by atoms with Gasteiger partial charge in [-0.25, -0.2) is 4.68 Å². The highest BCUT2D eigenvalue weighted by Crippen LogP contribution is 2.30. The van der Waals surface area contributed by atoms with E-state index < -0.39 is 30.2 Å². The number of hydrogen-bond donors (Lipinski definition) is 1. The van der Waals surface area contributed by atoms with Crippen LogP contribution in [0.2, 0.25) is 0 Å². The maximum atomic E-state index is 12.8. The Hall–Kier alpha value is -2.84. The van der Waals surface area contributed by atoms with Gasteiger partial charge in [-0.05, 0) is 37.6 Å². The molecule has 6 nitrogen and oxygen atoms in total. The van der Waals surface area contributed by atoms with Gasteiger partial charge in [-0.2, -0.15) is 18.3 Å². The highest BCUT2D eigenvalue weighted by molar-refractivity contribution is 5.94. The molecule has 0 aliphatic carbocycles. The molecule has 140 valence electrons. The second kappa shape index (κ2) is 7.59. The third kappa shape index (κ3) is 4.41. The lowest BCUT2D eigenvalue weighted by molar-refractivity contribution is -0.138. The minimum absolute atomic E-state index is 0.0380. The number of carbonyl (C=O) groups excluding carboxylic acids is 1. The van der Waals surface area contributed by atoms with Crippen molar-refractivity contribution >= 4 is 11.9 Å². The summed E-state index contributed by atoms with van der Waals surface area (Å²) in [6, 6.07) is 5.57. The number of amides is 1. The molecule has 0 saturated carbocycles. The topological polar surface area (TPSA) is 75.4 Å². The van der Waals surface area contributed by atoms with E-state index in [1.165, 1.54) is 29.3 Å². The highest BCUT2D eigenvalue weighted by atomic mass is 19.4. The molecule has 0 fully saturated rings. The summed E-state index contributed by atoms with van der Waals surface area (Å²) in [5.41, 5.74) is -0.721. The van der Waals surface area contributed by atoms with E-state index in [1.807, 2.05) is 6.92 Å². The van der Waals surface area contributed by atoms with Crippen molar-refractivity contribution in [3.8, 4) is 5.69 Å². The van der Waals surface area contributed by atoms with Crippen LogP contribution in [0.25, 0.3) is 5.69 Å². The number of nitrogens with zero attached hydrogens (tertiary/aromatic N) is 3. The van der Waals surface area contributed by atoms with Crippen molar-refractivity contribution in [3.05, 3.63) is 47.8 Å². The van der Waals surface area contributed by atoms with Crippen molar-refractivity contribution in [2.24, 2.45) is 0 Å². The average Bonchev–Trinajstić information content (AvgIpc) is 3.07. The van der Waals surface area contributed by atoms with E-state index in [2.05, 4.69) is 5.10 Å². The Labute approximate surface area is 147 Å². The summed E-state index contributed by atoms with van der Waals surface area (Å²) in [6.07, 6.45) is -2.58. The standard InChI is InChI=1S/C17H18F3N3O3/c1-3-11(2)22(10-15(24)25)16(26)14-7-8-23(21-14)13-6-4-5-12(9-13)17(18,19)20/h4-9,11H,3,10H2,1-2H3,(H,24,25). The molecule has 1 heterocycles. The Kier molecular flexibility index (Phi) is 5.69. The third-order valence-corrected chi connectivity index (χ3v) is 3.94. The van der Waals surface area contributed by atoms with E-state index in [-0.39, 0.29) is 17.4 Å². The molecular weight excluding hydrogens is 351 g/mol. The van der Waals surface area contributed by atoms with E-state index in [0.29, 0.717) is 6.42 Å². The molecule has 26 heavy (non-hydrogen) atoms. The predicted octanol–water partition coefficient (Wildman–Crippen LogP) is 3.22. The van der Waals surface area contributed by atoms with Crippen molar-refractivity contribution in [2.75, 3.05) is 6.54 Å². The Balaban J connectivity index is 2.31. The first-order valence-corrected chi connectivity index (χ1v) is 7.89. The van der Waals surface area contributed by atoms with Gasteiger partial charge in [-0.3, -0.25) is 9.59 Å².